The predicted molar refractivity (Wildman–Crippen MR) is 72.8 cm³/mol. The maximum Gasteiger partial charge on any atom is 0.428 e. The van der Waals surface area contributed by atoms with E-state index in [2.05, 4.69) is 10.1 Å². The number of amides is 1. The van der Waals surface area contributed by atoms with Gasteiger partial charge in [0.2, 0.25) is 4.84 Å². The molecule has 1 aromatic rings. The Morgan fingerprint density at radius 3 is 2.55 bits per heavy atom. The molecule has 1 aromatic carbocycles. The SMILES string of the molecule is CC(C)OC(=O)Nc1cccc(OC(F)(F)C(Cl)Cl)c1. The summed E-state index contributed by atoms with van der Waals surface area (Å²) >= 11 is 10.2. The second-order valence-electron chi connectivity index (χ2n) is 4.07. The first-order valence-electron chi connectivity index (χ1n) is 5.63. The van der Waals surface area contributed by atoms with Crippen LogP contribution in [0.3, 0.4) is 0 Å². The van der Waals surface area contributed by atoms with E-state index in [0.29, 0.717) is 0 Å². The fourth-order valence-electron chi connectivity index (χ4n) is 1.20. The third-order valence-electron chi connectivity index (χ3n) is 1.93. The smallest absolute Gasteiger partial charge is 0.428 e. The maximum absolute atomic E-state index is 13.2. The van der Waals surface area contributed by atoms with Crippen molar-refractivity contribution in [2.75, 3.05) is 5.32 Å². The van der Waals surface area contributed by atoms with Crippen LogP contribution in [-0.2, 0) is 4.74 Å². The van der Waals surface area contributed by atoms with Crippen molar-refractivity contribution < 1.29 is 23.0 Å². The van der Waals surface area contributed by atoms with Gasteiger partial charge in [0.15, 0.2) is 0 Å². The molecule has 1 rings (SSSR count). The Labute approximate surface area is 124 Å². The molecule has 20 heavy (non-hydrogen) atoms. The van der Waals surface area contributed by atoms with Crippen molar-refractivity contribution >= 4 is 35.0 Å². The Morgan fingerprint density at radius 1 is 1.35 bits per heavy atom. The van der Waals surface area contributed by atoms with Gasteiger partial charge in [-0.3, -0.25) is 5.32 Å². The summed E-state index contributed by atoms with van der Waals surface area (Å²) in [6.07, 6.45) is -4.73. The van der Waals surface area contributed by atoms with E-state index in [1.165, 1.54) is 24.3 Å². The Bertz CT molecular complexity index is 470. The molecule has 112 valence electrons. The summed E-state index contributed by atoms with van der Waals surface area (Å²) in [6.45, 7) is 3.36. The van der Waals surface area contributed by atoms with Crippen molar-refractivity contribution in [3.63, 3.8) is 0 Å². The number of carbonyl (C=O) groups is 1. The zero-order chi connectivity index (χ0) is 15.3. The number of alkyl halides is 4. The number of hydrogen-bond acceptors (Lipinski definition) is 3. The molecule has 0 saturated heterocycles. The molecule has 0 fully saturated rings. The second-order valence-corrected chi connectivity index (χ2v) is 5.17. The molecule has 0 aromatic heterocycles. The summed E-state index contributed by atoms with van der Waals surface area (Å²) in [6, 6.07) is 5.40. The van der Waals surface area contributed by atoms with Crippen LogP contribution in [0.15, 0.2) is 24.3 Å². The largest absolute Gasteiger partial charge is 0.447 e. The summed E-state index contributed by atoms with van der Waals surface area (Å²) in [7, 11) is 0. The summed E-state index contributed by atoms with van der Waals surface area (Å²) < 4.78 is 35.6. The highest BCUT2D eigenvalue weighted by Crippen LogP contribution is 2.31. The van der Waals surface area contributed by atoms with Crippen LogP contribution in [-0.4, -0.2) is 23.1 Å². The molecule has 0 spiro atoms. The highest BCUT2D eigenvalue weighted by Gasteiger charge is 2.40. The first kappa shape index (κ1) is 16.8. The lowest BCUT2D eigenvalue weighted by Crippen LogP contribution is -2.32. The van der Waals surface area contributed by atoms with Gasteiger partial charge in [-0.25, -0.2) is 4.79 Å². The molecule has 0 unspecified atom stereocenters. The number of ether oxygens (including phenoxy) is 2. The van der Waals surface area contributed by atoms with Crippen LogP contribution < -0.4 is 10.1 Å². The monoisotopic (exact) mass is 327 g/mol. The van der Waals surface area contributed by atoms with Gasteiger partial charge >= 0.3 is 12.2 Å². The van der Waals surface area contributed by atoms with Crippen LogP contribution in [0.25, 0.3) is 0 Å². The van der Waals surface area contributed by atoms with E-state index < -0.39 is 17.0 Å². The van der Waals surface area contributed by atoms with Crippen molar-refractivity contribution in [2.45, 2.75) is 30.9 Å². The first-order chi connectivity index (χ1) is 9.20. The Balaban J connectivity index is 2.74. The van der Waals surface area contributed by atoms with E-state index >= 15 is 0 Å². The maximum atomic E-state index is 13.2. The van der Waals surface area contributed by atoms with Crippen LogP contribution in [0.4, 0.5) is 19.3 Å². The number of halogens is 4. The minimum Gasteiger partial charge on any atom is -0.447 e. The molecule has 0 radical (unpaired) electrons. The third-order valence-corrected chi connectivity index (χ3v) is 2.44. The lowest BCUT2D eigenvalue weighted by Gasteiger charge is -2.19. The predicted octanol–water partition coefficient (Wildman–Crippen LogP) is 4.42. The molecule has 0 aliphatic heterocycles. The average Bonchev–Trinajstić information content (AvgIpc) is 2.26. The van der Waals surface area contributed by atoms with Crippen LogP contribution >= 0.6 is 23.2 Å². The van der Waals surface area contributed by atoms with Crippen molar-refractivity contribution in [1.29, 1.82) is 0 Å². The lowest BCUT2D eigenvalue weighted by atomic mass is 10.3. The highest BCUT2D eigenvalue weighted by atomic mass is 35.5. The fraction of sp³-hybridized carbons (Fsp3) is 0.417. The molecule has 0 aliphatic carbocycles. The Morgan fingerprint density at radius 2 is 2.00 bits per heavy atom. The van der Waals surface area contributed by atoms with E-state index in [4.69, 9.17) is 27.9 Å². The summed E-state index contributed by atoms with van der Waals surface area (Å²) in [5, 5.41) is 2.38. The van der Waals surface area contributed by atoms with Gasteiger partial charge in [-0.05, 0) is 26.0 Å². The van der Waals surface area contributed by atoms with Gasteiger partial charge in [0, 0.05) is 11.8 Å². The van der Waals surface area contributed by atoms with Crippen molar-refractivity contribution in [2.24, 2.45) is 0 Å². The fourth-order valence-corrected chi connectivity index (χ4v) is 1.29. The topological polar surface area (TPSA) is 47.6 Å². The minimum atomic E-state index is -3.74. The number of nitrogens with one attached hydrogen (secondary N) is 1. The van der Waals surface area contributed by atoms with Crippen LogP contribution in [0, 0.1) is 0 Å². The van der Waals surface area contributed by atoms with E-state index in [0.717, 1.165) is 0 Å². The quantitative estimate of drug-likeness (QED) is 0.814. The molecule has 0 heterocycles. The van der Waals surface area contributed by atoms with Crippen LogP contribution in [0.2, 0.25) is 0 Å². The molecule has 1 N–H and O–H groups in total. The molecule has 1 amide bonds. The Kier molecular flexibility index (Phi) is 5.83. The van der Waals surface area contributed by atoms with Crippen molar-refractivity contribution in [1.82, 2.24) is 0 Å². The average molecular weight is 328 g/mol. The second kappa shape index (κ2) is 6.95. The van der Waals surface area contributed by atoms with Crippen molar-refractivity contribution in [3.8, 4) is 5.75 Å². The Hall–Kier alpha value is -1.27. The van der Waals surface area contributed by atoms with Crippen molar-refractivity contribution in [3.05, 3.63) is 24.3 Å². The molecule has 0 aliphatic rings. The first-order valence-corrected chi connectivity index (χ1v) is 6.50. The zero-order valence-corrected chi connectivity index (χ0v) is 12.2. The number of anilines is 1. The molecule has 0 atom stereocenters. The van der Waals surface area contributed by atoms with Gasteiger partial charge in [0.1, 0.15) is 5.75 Å². The number of hydrogen-bond donors (Lipinski definition) is 1. The van der Waals surface area contributed by atoms with Crippen LogP contribution in [0.5, 0.6) is 5.75 Å². The normalized spacial score (nSPS) is 11.6. The summed E-state index contributed by atoms with van der Waals surface area (Å²) in [4.78, 5) is 9.35. The van der Waals surface area contributed by atoms with E-state index in [1.807, 2.05) is 0 Å². The molecule has 0 saturated carbocycles. The highest BCUT2D eigenvalue weighted by molar-refractivity contribution is 6.44. The van der Waals surface area contributed by atoms with Crippen LogP contribution in [0.1, 0.15) is 13.8 Å². The summed E-state index contributed by atoms with van der Waals surface area (Å²) in [5.41, 5.74) is 0.240. The summed E-state index contributed by atoms with van der Waals surface area (Å²) in [5.74, 6) is -0.191. The number of carbonyl (C=O) groups excluding carboxylic acids is 1. The molecule has 8 heteroatoms. The third kappa shape index (κ3) is 5.38. The van der Waals surface area contributed by atoms with E-state index in [9.17, 15) is 13.6 Å². The number of rotatable bonds is 5. The van der Waals surface area contributed by atoms with Gasteiger partial charge < -0.3 is 9.47 Å². The zero-order valence-electron chi connectivity index (χ0n) is 10.7. The van der Waals surface area contributed by atoms with Gasteiger partial charge in [0.25, 0.3) is 0 Å². The van der Waals surface area contributed by atoms with E-state index in [-0.39, 0.29) is 17.5 Å². The van der Waals surface area contributed by atoms with Gasteiger partial charge in [-0.1, -0.05) is 29.3 Å². The van der Waals surface area contributed by atoms with Gasteiger partial charge in [-0.2, -0.15) is 8.78 Å². The standard InChI is InChI=1S/C12H13Cl2F2NO3/c1-7(2)19-11(18)17-8-4-3-5-9(6-8)20-12(15,16)10(13)14/h3-7,10H,1-2H3,(H,17,18). The molecular formula is C12H13Cl2F2NO3. The lowest BCUT2D eigenvalue weighted by molar-refractivity contribution is -0.163. The molecule has 4 nitrogen and oxygen atoms in total. The van der Waals surface area contributed by atoms with Gasteiger partial charge in [0.05, 0.1) is 6.10 Å². The van der Waals surface area contributed by atoms with Gasteiger partial charge in [-0.15, -0.1) is 0 Å². The minimum absolute atomic E-state index is 0.191. The molecule has 0 bridgehead atoms. The molecular weight excluding hydrogens is 315 g/mol. The van der Waals surface area contributed by atoms with E-state index in [1.54, 1.807) is 13.8 Å². The number of benzene rings is 1.